The quantitative estimate of drug-likeness (QED) is 0.314. The monoisotopic (exact) mass is 490 g/mol. The van der Waals surface area contributed by atoms with E-state index in [1.54, 1.807) is 42.6 Å². The Labute approximate surface area is 211 Å². The third kappa shape index (κ3) is 3.61. The van der Waals surface area contributed by atoms with Crippen LogP contribution in [0.3, 0.4) is 0 Å². The third-order valence-corrected chi connectivity index (χ3v) is 6.85. The summed E-state index contributed by atoms with van der Waals surface area (Å²) in [4.78, 5) is 48.5. The van der Waals surface area contributed by atoms with Crippen LogP contribution >= 0.6 is 0 Å². The van der Waals surface area contributed by atoms with E-state index in [4.69, 9.17) is 0 Å². The topological polar surface area (TPSA) is 115 Å². The predicted molar refractivity (Wildman–Crippen MR) is 140 cm³/mol. The lowest BCUT2D eigenvalue weighted by molar-refractivity contribution is -0.137. The number of carboxylic acids is 1. The highest BCUT2D eigenvalue weighted by atomic mass is 16.4. The molecule has 3 aromatic carbocycles. The second-order valence-electron chi connectivity index (χ2n) is 9.03. The summed E-state index contributed by atoms with van der Waals surface area (Å²) in [6.45, 7) is 0. The number of benzene rings is 3. The van der Waals surface area contributed by atoms with Gasteiger partial charge in [-0.1, -0.05) is 54.6 Å². The molecule has 0 radical (unpaired) electrons. The Morgan fingerprint density at radius 1 is 0.919 bits per heavy atom. The van der Waals surface area contributed by atoms with Crippen LogP contribution in [0.4, 0.5) is 11.4 Å². The molecule has 8 heteroatoms. The normalized spacial score (nSPS) is 16.8. The van der Waals surface area contributed by atoms with Crippen LogP contribution < -0.4 is 10.2 Å². The number of pyridine rings is 1. The van der Waals surface area contributed by atoms with Gasteiger partial charge < -0.3 is 15.4 Å². The van der Waals surface area contributed by atoms with Crippen LogP contribution in [-0.4, -0.2) is 32.9 Å². The molecule has 2 aromatic heterocycles. The number of amides is 2. The SMILES string of the molecule is O=C(O)CCC1(NC(=O)c2cc3c(cn2)[nH]c2ccccc23)C(=O)N(c2ccccc2)c2ccccc21. The van der Waals surface area contributed by atoms with Gasteiger partial charge in [-0.15, -0.1) is 0 Å². The first-order valence-electron chi connectivity index (χ1n) is 11.9. The molecule has 5 aromatic rings. The van der Waals surface area contributed by atoms with Crippen molar-refractivity contribution in [1.29, 1.82) is 0 Å². The van der Waals surface area contributed by atoms with Gasteiger partial charge in [0.15, 0.2) is 0 Å². The Bertz CT molecular complexity index is 1690. The lowest BCUT2D eigenvalue weighted by Gasteiger charge is -2.29. The number of carboxylic acid groups (broad SMARTS) is 1. The van der Waals surface area contributed by atoms with Crippen molar-refractivity contribution < 1.29 is 19.5 Å². The highest BCUT2D eigenvalue weighted by Crippen LogP contribution is 2.46. The van der Waals surface area contributed by atoms with E-state index in [-0.39, 0.29) is 18.5 Å². The molecule has 0 bridgehead atoms. The van der Waals surface area contributed by atoms with E-state index in [9.17, 15) is 19.5 Å². The minimum Gasteiger partial charge on any atom is -0.481 e. The molecule has 1 aliphatic rings. The summed E-state index contributed by atoms with van der Waals surface area (Å²) in [5.41, 5.74) is 2.05. The van der Waals surface area contributed by atoms with Crippen molar-refractivity contribution in [1.82, 2.24) is 15.3 Å². The van der Waals surface area contributed by atoms with E-state index in [1.807, 2.05) is 48.5 Å². The van der Waals surface area contributed by atoms with Gasteiger partial charge in [-0.2, -0.15) is 0 Å². The van der Waals surface area contributed by atoms with Gasteiger partial charge in [-0.05, 0) is 36.8 Å². The molecule has 0 fully saturated rings. The minimum absolute atomic E-state index is 0.109. The maximum atomic E-state index is 14.1. The van der Waals surface area contributed by atoms with Gasteiger partial charge in [0.1, 0.15) is 11.2 Å². The van der Waals surface area contributed by atoms with Crippen LogP contribution in [-0.2, 0) is 15.1 Å². The molecule has 0 aliphatic carbocycles. The molecule has 1 atom stereocenters. The second-order valence-corrected chi connectivity index (χ2v) is 9.03. The molecule has 182 valence electrons. The van der Waals surface area contributed by atoms with Gasteiger partial charge in [-0.3, -0.25) is 19.3 Å². The van der Waals surface area contributed by atoms with Gasteiger partial charge in [-0.25, -0.2) is 4.98 Å². The van der Waals surface area contributed by atoms with Crippen molar-refractivity contribution in [2.75, 3.05) is 4.90 Å². The van der Waals surface area contributed by atoms with Crippen LogP contribution in [0.25, 0.3) is 21.8 Å². The van der Waals surface area contributed by atoms with Crippen LogP contribution in [0.1, 0.15) is 28.9 Å². The van der Waals surface area contributed by atoms with Gasteiger partial charge in [0.05, 0.1) is 17.4 Å². The largest absolute Gasteiger partial charge is 0.481 e. The number of fused-ring (bicyclic) bond motifs is 4. The molecule has 0 saturated carbocycles. The Hall–Kier alpha value is -4.98. The van der Waals surface area contributed by atoms with Gasteiger partial charge in [0.2, 0.25) is 0 Å². The van der Waals surface area contributed by atoms with Crippen molar-refractivity contribution in [2.45, 2.75) is 18.4 Å². The summed E-state index contributed by atoms with van der Waals surface area (Å²) in [6, 6.07) is 25.7. The standard InChI is InChI=1S/C29H22N4O4/c34-26(35)14-15-29(21-11-5-7-13-25(21)33(28(29)37)18-8-2-1-3-9-18)32-27(36)23-16-20-19-10-4-6-12-22(19)31-24(20)17-30-23/h1-13,16-17,31H,14-15H2,(H,32,36)(H,34,35). The van der Waals surface area contributed by atoms with E-state index in [0.717, 1.165) is 21.8 Å². The first-order valence-corrected chi connectivity index (χ1v) is 11.9. The lowest BCUT2D eigenvalue weighted by Crippen LogP contribution is -2.52. The Kier molecular flexibility index (Phi) is 5.22. The molecule has 3 N–H and O–H groups in total. The van der Waals surface area contributed by atoms with Crippen molar-refractivity contribution in [3.05, 3.63) is 102 Å². The van der Waals surface area contributed by atoms with Crippen molar-refractivity contribution in [3.63, 3.8) is 0 Å². The number of aromatic amines is 1. The zero-order valence-corrected chi connectivity index (χ0v) is 19.6. The second kappa shape index (κ2) is 8.60. The van der Waals surface area contributed by atoms with Crippen molar-refractivity contribution in [2.24, 2.45) is 0 Å². The highest BCUT2D eigenvalue weighted by molar-refractivity contribution is 6.15. The molecule has 1 unspecified atom stereocenters. The summed E-state index contributed by atoms with van der Waals surface area (Å²) in [7, 11) is 0. The number of carbonyl (C=O) groups excluding carboxylic acids is 2. The lowest BCUT2D eigenvalue weighted by atomic mass is 9.86. The Morgan fingerprint density at radius 2 is 1.65 bits per heavy atom. The molecule has 1 aliphatic heterocycles. The fraction of sp³-hybridized carbons (Fsp3) is 0.103. The number of H-pyrrole nitrogens is 1. The highest BCUT2D eigenvalue weighted by Gasteiger charge is 2.52. The van der Waals surface area contributed by atoms with Crippen molar-refractivity contribution in [3.8, 4) is 0 Å². The summed E-state index contributed by atoms with van der Waals surface area (Å²) in [5.74, 6) is -2.03. The number of nitrogens with zero attached hydrogens (tertiary/aromatic N) is 2. The molecule has 0 spiro atoms. The maximum absolute atomic E-state index is 14.1. The van der Waals surface area contributed by atoms with Gasteiger partial charge in [0, 0.05) is 34.0 Å². The molecular formula is C29H22N4O4. The molecule has 3 heterocycles. The number of nitrogens with one attached hydrogen (secondary N) is 2. The molecular weight excluding hydrogens is 468 g/mol. The molecule has 8 nitrogen and oxygen atoms in total. The maximum Gasteiger partial charge on any atom is 0.303 e. The van der Waals surface area contributed by atoms with E-state index >= 15 is 0 Å². The zero-order chi connectivity index (χ0) is 25.6. The number of carbonyl (C=O) groups is 3. The third-order valence-electron chi connectivity index (χ3n) is 6.85. The van der Waals surface area contributed by atoms with Crippen LogP contribution in [0, 0.1) is 0 Å². The Morgan fingerprint density at radius 3 is 2.46 bits per heavy atom. The minimum atomic E-state index is -1.57. The van der Waals surface area contributed by atoms with E-state index in [1.165, 1.54) is 4.90 Å². The fourth-order valence-electron chi connectivity index (χ4n) is 5.13. The van der Waals surface area contributed by atoms with Crippen LogP contribution in [0.5, 0.6) is 0 Å². The summed E-state index contributed by atoms with van der Waals surface area (Å²) in [6.07, 6.45) is 1.18. The Balaban J connectivity index is 1.45. The number of anilines is 2. The number of para-hydroxylation sites is 3. The van der Waals surface area contributed by atoms with E-state index < -0.39 is 23.3 Å². The summed E-state index contributed by atoms with van der Waals surface area (Å²) in [5, 5.41) is 14.2. The van der Waals surface area contributed by atoms with E-state index in [2.05, 4.69) is 15.3 Å². The first-order chi connectivity index (χ1) is 18.0. The summed E-state index contributed by atoms with van der Waals surface area (Å²) >= 11 is 0. The fourth-order valence-corrected chi connectivity index (χ4v) is 5.13. The van der Waals surface area contributed by atoms with Crippen LogP contribution in [0.2, 0.25) is 0 Å². The molecule has 2 amide bonds. The van der Waals surface area contributed by atoms with Crippen molar-refractivity contribution >= 4 is 51.0 Å². The summed E-state index contributed by atoms with van der Waals surface area (Å²) < 4.78 is 0. The van der Waals surface area contributed by atoms with E-state index in [0.29, 0.717) is 16.9 Å². The first kappa shape index (κ1) is 22.5. The van der Waals surface area contributed by atoms with Gasteiger partial charge >= 0.3 is 5.97 Å². The zero-order valence-electron chi connectivity index (χ0n) is 19.6. The van der Waals surface area contributed by atoms with Crippen LogP contribution in [0.15, 0.2) is 91.1 Å². The van der Waals surface area contributed by atoms with Gasteiger partial charge in [0.25, 0.3) is 11.8 Å². The number of aromatic nitrogens is 2. The number of rotatable bonds is 6. The number of aliphatic carboxylic acids is 1. The molecule has 0 saturated heterocycles. The average Bonchev–Trinajstić information content (AvgIpc) is 3.40. The smallest absolute Gasteiger partial charge is 0.303 e. The molecule has 6 rings (SSSR count). The molecule has 37 heavy (non-hydrogen) atoms. The number of hydrogen-bond donors (Lipinski definition) is 3. The predicted octanol–water partition coefficient (Wildman–Crippen LogP) is 4.88. The number of hydrogen-bond acceptors (Lipinski definition) is 4. The average molecular weight is 491 g/mol.